The van der Waals surface area contributed by atoms with Crippen molar-refractivity contribution in [2.24, 2.45) is 35.5 Å². The van der Waals surface area contributed by atoms with Crippen LogP contribution in [0.4, 0.5) is 0 Å². The highest BCUT2D eigenvalue weighted by Crippen LogP contribution is 2.78. The van der Waals surface area contributed by atoms with Crippen LogP contribution in [0.3, 0.4) is 0 Å². The van der Waals surface area contributed by atoms with Gasteiger partial charge in [-0.3, -0.25) is 0 Å². The van der Waals surface area contributed by atoms with Gasteiger partial charge in [0.15, 0.2) is 0 Å². The number of halogens is 3. The van der Waals surface area contributed by atoms with E-state index < -0.39 is 0 Å². The topological polar surface area (TPSA) is 0 Å². The summed E-state index contributed by atoms with van der Waals surface area (Å²) in [5.41, 5.74) is 0. The molecule has 1 aromatic carbocycles. The van der Waals surface area contributed by atoms with Crippen LogP contribution >= 0.6 is 55.7 Å². The summed E-state index contributed by atoms with van der Waals surface area (Å²) >= 11 is 11.8. The molecule has 8 saturated carbocycles. The summed E-state index contributed by atoms with van der Waals surface area (Å²) in [5.74, 6) is 6.29. The van der Waals surface area contributed by atoms with Crippen LogP contribution in [0.25, 0.3) is 0 Å². The van der Waals surface area contributed by atoms with Crippen molar-refractivity contribution in [3.05, 3.63) is 25.6 Å². The van der Waals surface area contributed by atoms with Crippen molar-refractivity contribution >= 4 is 61.0 Å². The Hall–Kier alpha value is 1.09. The van der Waals surface area contributed by atoms with Crippen molar-refractivity contribution in [2.75, 3.05) is 0 Å². The summed E-state index contributed by atoms with van der Waals surface area (Å²) in [4.78, 5) is 0. The van der Waals surface area contributed by atoms with Gasteiger partial charge < -0.3 is 0 Å². The molecule has 0 N–H and O–H groups in total. The molecule has 0 radical (unpaired) electrons. The van der Waals surface area contributed by atoms with Crippen LogP contribution in [0.15, 0.2) is 25.6 Å². The largest absolute Gasteiger partial charge is 0.0613 e. The minimum atomic E-state index is -0.151. The lowest BCUT2D eigenvalue weighted by atomic mass is 9.55. The molecule has 0 nitrogen and oxygen atoms in total. The number of hydrogen-bond donors (Lipinski definition) is 0. The minimum Gasteiger partial charge on any atom is -0.0613 e. The van der Waals surface area contributed by atoms with Crippen LogP contribution in [0, 0.1) is 35.5 Å². The van der Waals surface area contributed by atoms with Gasteiger partial charge in [0, 0.05) is 13.4 Å². The van der Waals surface area contributed by atoms with Gasteiger partial charge in [-0.05, 0) is 172 Å². The molecular weight excluding hydrogens is 583 g/mol. The first kappa shape index (κ1) is 20.5. The number of rotatable bonds is 3. The molecule has 0 aliphatic heterocycles. The van der Waals surface area contributed by atoms with Gasteiger partial charge in [-0.2, -0.15) is 0 Å². The van der Waals surface area contributed by atoms with Crippen LogP contribution in [0.1, 0.15) is 77.0 Å². The van der Waals surface area contributed by atoms with Gasteiger partial charge in [0.2, 0.25) is 0 Å². The molecule has 0 atom stereocenters. The molecule has 8 bridgehead atoms. The third kappa shape index (κ3) is 3.03. The zero-order valence-corrected chi connectivity index (χ0v) is 23.3. The van der Waals surface area contributed by atoms with Crippen LogP contribution in [-0.2, 0) is 0 Å². The summed E-state index contributed by atoms with van der Waals surface area (Å²) in [5, 5.41) is 3.01. The first-order valence-corrected chi connectivity index (χ1v) is 16.1. The molecular formula is C26H32Br3P. The highest BCUT2D eigenvalue weighted by Gasteiger charge is 2.63. The maximum Gasteiger partial charge on any atom is 0.0329 e. The Morgan fingerprint density at radius 3 is 1.23 bits per heavy atom. The Morgan fingerprint density at radius 2 is 0.867 bits per heavy atom. The van der Waals surface area contributed by atoms with Gasteiger partial charge in [0.05, 0.1) is 0 Å². The van der Waals surface area contributed by atoms with Crippen molar-refractivity contribution in [1.29, 1.82) is 0 Å². The molecule has 4 heteroatoms. The van der Waals surface area contributed by atoms with Gasteiger partial charge in [-0.1, -0.05) is 23.9 Å². The van der Waals surface area contributed by atoms with E-state index in [1.54, 1.807) is 82.4 Å². The van der Waals surface area contributed by atoms with Crippen LogP contribution < -0.4 is 5.30 Å². The Balaban J connectivity index is 1.41. The smallest absolute Gasteiger partial charge is 0.0329 e. The monoisotopic (exact) mass is 612 g/mol. The van der Waals surface area contributed by atoms with E-state index in [9.17, 15) is 0 Å². The molecule has 0 amide bonds. The SMILES string of the molecule is Brc1cc(Br)c(P(C23CC4CC(CC(C4)C2)C3)C23CC4CC(CC(C4)C2)C3)cc1Br. The molecule has 0 aromatic heterocycles. The third-order valence-electron chi connectivity index (χ3n) is 10.2. The van der Waals surface area contributed by atoms with Crippen molar-refractivity contribution in [3.63, 3.8) is 0 Å². The fraction of sp³-hybridized carbons (Fsp3) is 0.769. The number of benzene rings is 1. The van der Waals surface area contributed by atoms with E-state index in [0.717, 1.165) is 35.5 Å². The number of hydrogen-bond acceptors (Lipinski definition) is 0. The Morgan fingerprint density at radius 1 is 0.533 bits per heavy atom. The second kappa shape index (κ2) is 7.05. The standard InChI is InChI=1S/C26H32Br3P/c27-21-7-23(29)24(8-22(21)28)30(25-9-15-1-16(10-25)3-17(2-15)11-25)26-12-18-4-19(13-26)6-20(5-18)14-26/h7-8,15-20H,1-6,9-14H2. The predicted octanol–water partition coefficient (Wildman–Crippen LogP) is 9.02. The second-order valence-corrected chi connectivity index (χ2v) is 17.9. The van der Waals surface area contributed by atoms with E-state index in [-0.39, 0.29) is 7.92 Å². The molecule has 0 unspecified atom stereocenters. The maximum absolute atomic E-state index is 4.11. The first-order chi connectivity index (χ1) is 14.4. The molecule has 8 aliphatic carbocycles. The Bertz CT molecular complexity index is 778. The first-order valence-electron chi connectivity index (χ1n) is 12.4. The molecule has 30 heavy (non-hydrogen) atoms. The van der Waals surface area contributed by atoms with E-state index in [2.05, 4.69) is 59.9 Å². The fourth-order valence-corrected chi connectivity index (χ4v) is 17.6. The summed E-state index contributed by atoms with van der Waals surface area (Å²) in [6, 6.07) is 4.91. The highest BCUT2D eigenvalue weighted by atomic mass is 79.9. The van der Waals surface area contributed by atoms with Crippen LogP contribution in [0.2, 0.25) is 0 Å². The van der Waals surface area contributed by atoms with Gasteiger partial charge in [-0.15, -0.1) is 0 Å². The summed E-state index contributed by atoms with van der Waals surface area (Å²) in [7, 11) is -0.151. The van der Waals surface area contributed by atoms with Crippen molar-refractivity contribution < 1.29 is 0 Å². The molecule has 0 spiro atoms. The molecule has 8 aliphatic rings. The average molecular weight is 615 g/mol. The van der Waals surface area contributed by atoms with E-state index >= 15 is 0 Å². The second-order valence-electron chi connectivity index (χ2n) is 12.3. The van der Waals surface area contributed by atoms with Gasteiger partial charge in [0.25, 0.3) is 0 Å². The van der Waals surface area contributed by atoms with Crippen LogP contribution in [-0.4, -0.2) is 10.3 Å². The molecule has 162 valence electrons. The van der Waals surface area contributed by atoms with Gasteiger partial charge in [-0.25, -0.2) is 0 Å². The van der Waals surface area contributed by atoms with Crippen LogP contribution in [0.5, 0.6) is 0 Å². The normalized spacial score (nSPS) is 49.0. The van der Waals surface area contributed by atoms with Crippen molar-refractivity contribution in [2.45, 2.75) is 87.4 Å². The third-order valence-corrected chi connectivity index (χ3v) is 16.8. The summed E-state index contributed by atoms with van der Waals surface area (Å²) < 4.78 is 3.86. The lowest BCUT2D eigenvalue weighted by Gasteiger charge is -2.67. The van der Waals surface area contributed by atoms with E-state index in [1.165, 1.54) is 13.4 Å². The predicted molar refractivity (Wildman–Crippen MR) is 138 cm³/mol. The van der Waals surface area contributed by atoms with Crippen molar-refractivity contribution in [1.82, 2.24) is 0 Å². The summed E-state index contributed by atoms with van der Waals surface area (Å²) in [6.45, 7) is 0. The fourth-order valence-electron chi connectivity index (χ4n) is 10.4. The molecule has 0 heterocycles. The molecule has 0 saturated heterocycles. The Kier molecular flexibility index (Phi) is 4.81. The minimum absolute atomic E-state index is 0.151. The maximum atomic E-state index is 4.11. The van der Waals surface area contributed by atoms with Crippen molar-refractivity contribution in [3.8, 4) is 0 Å². The Labute approximate surface area is 208 Å². The van der Waals surface area contributed by atoms with E-state index in [1.807, 2.05) is 0 Å². The average Bonchev–Trinajstić information content (AvgIpc) is 2.63. The van der Waals surface area contributed by atoms with Gasteiger partial charge >= 0.3 is 0 Å². The lowest BCUT2D eigenvalue weighted by Crippen LogP contribution is -2.58. The highest BCUT2D eigenvalue weighted by molar-refractivity contribution is 9.13. The molecule has 8 fully saturated rings. The zero-order chi connectivity index (χ0) is 20.3. The van der Waals surface area contributed by atoms with E-state index in [4.69, 9.17) is 0 Å². The molecule has 1 aromatic rings. The molecule has 9 rings (SSSR count). The lowest BCUT2D eigenvalue weighted by molar-refractivity contribution is 0.0195. The van der Waals surface area contributed by atoms with Gasteiger partial charge in [0.1, 0.15) is 0 Å². The zero-order valence-electron chi connectivity index (χ0n) is 17.7. The summed E-state index contributed by atoms with van der Waals surface area (Å²) in [6.07, 6.45) is 18.8. The quantitative estimate of drug-likeness (QED) is 0.235. The van der Waals surface area contributed by atoms with E-state index in [0.29, 0.717) is 10.3 Å².